The van der Waals surface area contributed by atoms with Crippen molar-refractivity contribution in [1.29, 1.82) is 0 Å². The molecule has 2 saturated heterocycles. The number of pyridine rings is 1. The molecule has 52 heavy (non-hydrogen) atoms. The highest BCUT2D eigenvalue weighted by atomic mass is 32.2. The zero-order chi connectivity index (χ0) is 35.9. The van der Waals surface area contributed by atoms with E-state index in [1.807, 2.05) is 30.0 Å². The van der Waals surface area contributed by atoms with Gasteiger partial charge in [-0.15, -0.1) is 0 Å². The number of rotatable bonds is 11. The normalized spacial score (nSPS) is 20.0. The van der Waals surface area contributed by atoms with E-state index in [1.54, 1.807) is 24.0 Å². The summed E-state index contributed by atoms with van der Waals surface area (Å²) in [6, 6.07) is 17.2. The molecule has 7 rings (SSSR count). The maximum Gasteiger partial charge on any atom is 0.271 e. The van der Waals surface area contributed by atoms with Crippen molar-refractivity contribution in [2.75, 3.05) is 50.9 Å². The first-order valence-corrected chi connectivity index (χ1v) is 19.3. The summed E-state index contributed by atoms with van der Waals surface area (Å²) in [5.74, 6) is 1.61. The van der Waals surface area contributed by atoms with E-state index >= 15 is 0 Å². The zero-order valence-electron chi connectivity index (χ0n) is 29.6. The molecule has 2 N–H and O–H groups in total. The van der Waals surface area contributed by atoms with Crippen molar-refractivity contribution in [3.05, 3.63) is 95.2 Å². The second-order valence-corrected chi connectivity index (χ2v) is 15.0. The summed E-state index contributed by atoms with van der Waals surface area (Å²) in [6.07, 6.45) is 5.53. The fraction of sp³-hybridized carbons (Fsp3) is 0.436. The van der Waals surface area contributed by atoms with Gasteiger partial charge in [0, 0.05) is 76.1 Å². The van der Waals surface area contributed by atoms with Crippen molar-refractivity contribution < 1.29 is 23.5 Å². The molecule has 2 aromatic carbocycles. The molecule has 3 aliphatic rings. The lowest BCUT2D eigenvalue weighted by molar-refractivity contribution is 0.0342. The molecule has 1 saturated carbocycles. The Hall–Kier alpha value is -4.30. The van der Waals surface area contributed by atoms with Crippen molar-refractivity contribution in [1.82, 2.24) is 35.2 Å². The molecule has 13 heteroatoms. The number of aryl methyl sites for hydroxylation is 1. The highest BCUT2D eigenvalue weighted by Crippen LogP contribution is 2.32. The third-order valence-electron chi connectivity index (χ3n) is 9.94. The summed E-state index contributed by atoms with van der Waals surface area (Å²) in [5, 5.41) is 10.3. The number of carbonyl (C=O) groups excluding carboxylic acids is 2. The minimum Gasteiger partial charge on any atom is -0.438 e. The number of halogens is 1. The van der Waals surface area contributed by atoms with Gasteiger partial charge in [0.15, 0.2) is 0 Å². The van der Waals surface area contributed by atoms with E-state index in [4.69, 9.17) is 9.47 Å². The van der Waals surface area contributed by atoms with Crippen LogP contribution in [0.15, 0.2) is 67.0 Å². The minimum absolute atomic E-state index is 0.0101. The van der Waals surface area contributed by atoms with Crippen molar-refractivity contribution in [2.45, 2.75) is 50.9 Å². The molecular weight excluding hydrogens is 682 g/mol. The fourth-order valence-corrected chi connectivity index (χ4v) is 8.10. The Kier molecular flexibility index (Phi) is 11.8. The first kappa shape index (κ1) is 36.1. The molecule has 4 aromatic rings. The van der Waals surface area contributed by atoms with Gasteiger partial charge >= 0.3 is 0 Å². The summed E-state index contributed by atoms with van der Waals surface area (Å²) < 4.78 is 27.9. The summed E-state index contributed by atoms with van der Waals surface area (Å²) >= 11 is 2.02. The average Bonchev–Trinajstić information content (AvgIpc) is 3.60. The smallest absolute Gasteiger partial charge is 0.271 e. The molecular formula is C39H46FN7O4S. The van der Waals surface area contributed by atoms with Gasteiger partial charge in [0.05, 0.1) is 19.4 Å². The van der Waals surface area contributed by atoms with E-state index in [0.29, 0.717) is 37.1 Å². The van der Waals surface area contributed by atoms with Crippen molar-refractivity contribution in [3.63, 3.8) is 0 Å². The SMILES string of the molecule is Cn1ccc(C(=O)N[C@H]2CC[C@H](NC(=O)c3cc(F)cnc3Oc3cccc(-c4ccc(CN5CCSCC5)cc4CN4CCOCC4)c3)CC2)n1. The van der Waals surface area contributed by atoms with Crippen LogP contribution in [0.25, 0.3) is 11.1 Å². The molecule has 0 spiro atoms. The Morgan fingerprint density at radius 2 is 1.63 bits per heavy atom. The molecule has 0 radical (unpaired) electrons. The van der Waals surface area contributed by atoms with E-state index < -0.39 is 11.7 Å². The van der Waals surface area contributed by atoms with Crippen LogP contribution in [0.1, 0.15) is 57.7 Å². The second kappa shape index (κ2) is 17.0. The highest BCUT2D eigenvalue weighted by molar-refractivity contribution is 7.99. The fourth-order valence-electron chi connectivity index (χ4n) is 7.13. The number of benzene rings is 2. The third-order valence-corrected chi connectivity index (χ3v) is 10.9. The molecule has 4 heterocycles. The third kappa shape index (κ3) is 9.37. The summed E-state index contributed by atoms with van der Waals surface area (Å²) in [5.41, 5.74) is 5.07. The van der Waals surface area contributed by atoms with E-state index in [-0.39, 0.29) is 29.4 Å². The van der Waals surface area contributed by atoms with Crippen LogP contribution in [-0.2, 0) is 24.9 Å². The van der Waals surface area contributed by atoms with Crippen molar-refractivity contribution in [2.24, 2.45) is 7.05 Å². The second-order valence-electron chi connectivity index (χ2n) is 13.8. The minimum atomic E-state index is -0.622. The first-order valence-electron chi connectivity index (χ1n) is 18.1. The van der Waals surface area contributed by atoms with E-state index in [9.17, 15) is 14.0 Å². The quantitative estimate of drug-likeness (QED) is 0.214. The van der Waals surface area contributed by atoms with Crippen LogP contribution in [0.3, 0.4) is 0 Å². The molecule has 2 aromatic heterocycles. The van der Waals surface area contributed by atoms with Crippen LogP contribution in [0.4, 0.5) is 4.39 Å². The van der Waals surface area contributed by atoms with Gasteiger partial charge in [-0.05, 0) is 72.2 Å². The Bertz CT molecular complexity index is 1850. The molecule has 0 bridgehead atoms. The highest BCUT2D eigenvalue weighted by Gasteiger charge is 2.26. The van der Waals surface area contributed by atoms with Gasteiger partial charge in [-0.3, -0.25) is 24.1 Å². The first-order chi connectivity index (χ1) is 25.4. The molecule has 1 aliphatic carbocycles. The maximum absolute atomic E-state index is 14.5. The number of amides is 2. The number of ether oxygens (including phenoxy) is 2. The van der Waals surface area contributed by atoms with Crippen molar-refractivity contribution in [3.8, 4) is 22.8 Å². The lowest BCUT2D eigenvalue weighted by atomic mass is 9.91. The molecule has 2 aliphatic heterocycles. The van der Waals surface area contributed by atoms with Gasteiger partial charge in [0.1, 0.15) is 22.8 Å². The lowest BCUT2D eigenvalue weighted by Crippen LogP contribution is -2.44. The van der Waals surface area contributed by atoms with Gasteiger partial charge < -0.3 is 20.1 Å². The molecule has 3 fully saturated rings. The van der Waals surface area contributed by atoms with Gasteiger partial charge in [0.25, 0.3) is 11.8 Å². The van der Waals surface area contributed by atoms with Crippen LogP contribution in [0, 0.1) is 5.82 Å². The Morgan fingerprint density at radius 3 is 2.37 bits per heavy atom. The van der Waals surface area contributed by atoms with Gasteiger partial charge in [-0.25, -0.2) is 9.37 Å². The van der Waals surface area contributed by atoms with E-state index in [0.717, 1.165) is 69.8 Å². The number of nitrogens with zero attached hydrogens (tertiary/aromatic N) is 5. The molecule has 0 atom stereocenters. The lowest BCUT2D eigenvalue weighted by Gasteiger charge is -2.29. The monoisotopic (exact) mass is 727 g/mol. The number of hydrogen-bond donors (Lipinski definition) is 2. The van der Waals surface area contributed by atoms with E-state index in [2.05, 4.69) is 54.8 Å². The van der Waals surface area contributed by atoms with Crippen LogP contribution in [0.5, 0.6) is 11.6 Å². The number of morpholine rings is 1. The summed E-state index contributed by atoms with van der Waals surface area (Å²) in [4.78, 5) is 35.2. The zero-order valence-corrected chi connectivity index (χ0v) is 30.4. The van der Waals surface area contributed by atoms with Gasteiger partial charge in [-0.2, -0.15) is 16.9 Å². The van der Waals surface area contributed by atoms with Crippen LogP contribution >= 0.6 is 11.8 Å². The van der Waals surface area contributed by atoms with Gasteiger partial charge in [0.2, 0.25) is 5.88 Å². The molecule has 2 amide bonds. The number of nitrogens with one attached hydrogen (secondary N) is 2. The summed E-state index contributed by atoms with van der Waals surface area (Å²) in [7, 11) is 1.77. The number of aromatic nitrogens is 3. The van der Waals surface area contributed by atoms with Crippen LogP contribution < -0.4 is 15.4 Å². The van der Waals surface area contributed by atoms with Crippen LogP contribution in [0.2, 0.25) is 0 Å². The number of thioether (sulfide) groups is 1. The molecule has 11 nitrogen and oxygen atoms in total. The predicted molar refractivity (Wildman–Crippen MR) is 199 cm³/mol. The standard InChI is InChI=1S/C39H46FN7O4S/c1-45-12-11-36(44-45)38(49)43-32-8-6-31(7-9-32)42-37(48)35-23-30(40)24-41-39(35)51-33-4-2-3-28(22-33)34-10-5-27(25-47-15-19-52-20-16-47)21-29(34)26-46-13-17-50-18-14-46/h2-5,10-12,21-24,31-32H,6-9,13-20,25-26H2,1H3,(H,42,48)(H,43,49)/t31-,32-. The Labute approximate surface area is 308 Å². The average molecular weight is 728 g/mol. The Balaban J connectivity index is 1.03. The predicted octanol–water partition coefficient (Wildman–Crippen LogP) is 5.27. The molecule has 0 unspecified atom stereocenters. The number of carbonyl (C=O) groups is 2. The largest absolute Gasteiger partial charge is 0.438 e. The Morgan fingerprint density at radius 1 is 0.904 bits per heavy atom. The van der Waals surface area contributed by atoms with Crippen LogP contribution in [-0.4, -0.2) is 99.4 Å². The summed E-state index contributed by atoms with van der Waals surface area (Å²) in [6.45, 7) is 7.21. The van der Waals surface area contributed by atoms with Crippen molar-refractivity contribution >= 4 is 23.6 Å². The van der Waals surface area contributed by atoms with Gasteiger partial charge in [-0.1, -0.05) is 30.3 Å². The molecule has 274 valence electrons. The number of hydrogen-bond acceptors (Lipinski definition) is 9. The topological polar surface area (TPSA) is 114 Å². The van der Waals surface area contributed by atoms with E-state index in [1.165, 1.54) is 28.7 Å². The maximum atomic E-state index is 14.5.